The van der Waals surface area contributed by atoms with E-state index in [-0.39, 0.29) is 29.8 Å². The third kappa shape index (κ3) is 7.76. The van der Waals surface area contributed by atoms with Gasteiger partial charge in [0, 0.05) is 6.20 Å². The van der Waals surface area contributed by atoms with Crippen LogP contribution < -0.4 is 19.8 Å². The van der Waals surface area contributed by atoms with Crippen molar-refractivity contribution in [1.29, 1.82) is 0 Å². The molecule has 0 unspecified atom stereocenters. The second kappa shape index (κ2) is 13.0. The van der Waals surface area contributed by atoms with E-state index in [4.69, 9.17) is 9.15 Å². The Hall–Kier alpha value is -4.97. The smallest absolute Gasteiger partial charge is 0.265 e. The summed E-state index contributed by atoms with van der Waals surface area (Å²) < 4.78 is 38.0. The number of aromatic nitrogens is 1. The maximum absolute atomic E-state index is 13.2. The van der Waals surface area contributed by atoms with Gasteiger partial charge in [-0.15, -0.1) is 0 Å². The fraction of sp³-hybridized carbons (Fsp3) is 0.111. The number of hydrazone groups is 1. The number of sulfonamides is 1. The Kier molecular flexibility index (Phi) is 9.03. The highest BCUT2D eigenvalue weighted by Crippen LogP contribution is 2.21. The third-order valence-corrected chi connectivity index (χ3v) is 6.98. The number of carbonyl (C=O) groups is 2. The molecule has 2 N–H and O–H groups in total. The molecule has 0 aliphatic heterocycles. The van der Waals surface area contributed by atoms with Crippen molar-refractivity contribution >= 4 is 33.9 Å². The molecule has 0 bridgehead atoms. The highest BCUT2D eigenvalue weighted by atomic mass is 32.2. The van der Waals surface area contributed by atoms with Gasteiger partial charge in [0.05, 0.1) is 23.9 Å². The number of anilines is 1. The largest absolute Gasteiger partial charge is 0.484 e. The molecule has 0 fully saturated rings. The van der Waals surface area contributed by atoms with Gasteiger partial charge in [0.2, 0.25) is 0 Å². The quantitative estimate of drug-likeness (QED) is 0.205. The molecule has 0 aliphatic carbocycles. The van der Waals surface area contributed by atoms with E-state index in [1.54, 1.807) is 66.7 Å². The molecule has 2 aromatic heterocycles. The van der Waals surface area contributed by atoms with E-state index in [0.29, 0.717) is 17.1 Å². The summed E-state index contributed by atoms with van der Waals surface area (Å²) in [4.78, 5) is 28.6. The maximum atomic E-state index is 13.2. The fourth-order valence-corrected chi connectivity index (χ4v) is 4.70. The van der Waals surface area contributed by atoms with Gasteiger partial charge in [0.15, 0.2) is 6.61 Å². The predicted octanol–water partition coefficient (Wildman–Crippen LogP) is 2.72. The van der Waals surface area contributed by atoms with Crippen LogP contribution in [0, 0.1) is 0 Å². The van der Waals surface area contributed by atoms with Crippen LogP contribution in [0.25, 0.3) is 0 Å². The number of nitrogens with one attached hydrogen (secondary N) is 2. The van der Waals surface area contributed by atoms with Gasteiger partial charge in [0.1, 0.15) is 23.9 Å². The lowest BCUT2D eigenvalue weighted by atomic mass is 10.2. The van der Waals surface area contributed by atoms with Gasteiger partial charge in [-0.3, -0.25) is 9.59 Å². The number of hydrogen-bond acceptors (Lipinski definition) is 8. The summed E-state index contributed by atoms with van der Waals surface area (Å²) in [6.45, 7) is -0.419. The molecule has 0 radical (unpaired) electrons. The van der Waals surface area contributed by atoms with E-state index in [0.717, 1.165) is 4.31 Å². The molecule has 2 amide bonds. The van der Waals surface area contributed by atoms with Crippen LogP contribution >= 0.6 is 0 Å². The molecule has 4 rings (SSSR count). The minimum absolute atomic E-state index is 0.0317. The first-order valence-corrected chi connectivity index (χ1v) is 13.2. The van der Waals surface area contributed by atoms with Gasteiger partial charge in [0.25, 0.3) is 21.8 Å². The number of pyridine rings is 1. The summed E-state index contributed by atoms with van der Waals surface area (Å²) >= 11 is 0. The molecule has 0 saturated carbocycles. The molecule has 200 valence electrons. The number of ether oxygens (including phenoxy) is 1. The molecular formula is C27H25N5O6S. The Bertz CT molecular complexity index is 1490. The zero-order chi connectivity index (χ0) is 27.5. The van der Waals surface area contributed by atoms with Crippen molar-refractivity contribution in [3.8, 4) is 5.75 Å². The van der Waals surface area contributed by atoms with E-state index in [9.17, 15) is 18.0 Å². The lowest BCUT2D eigenvalue weighted by Gasteiger charge is -2.22. The van der Waals surface area contributed by atoms with E-state index < -0.39 is 22.5 Å². The molecule has 0 aliphatic rings. The Balaban J connectivity index is 1.30. The first kappa shape index (κ1) is 27.1. The Labute approximate surface area is 225 Å². The third-order valence-electron chi connectivity index (χ3n) is 5.22. The number of nitrogens with zero attached hydrogens (tertiary/aromatic N) is 3. The average molecular weight is 548 g/mol. The molecular weight excluding hydrogens is 522 g/mol. The molecule has 2 aromatic carbocycles. The van der Waals surface area contributed by atoms with Gasteiger partial charge in [-0.05, 0) is 66.2 Å². The number of benzene rings is 2. The second-order valence-electron chi connectivity index (χ2n) is 8.02. The molecule has 0 spiro atoms. The lowest BCUT2D eigenvalue weighted by Crippen LogP contribution is -2.40. The minimum Gasteiger partial charge on any atom is -0.484 e. The van der Waals surface area contributed by atoms with Crippen LogP contribution in [-0.2, 0) is 26.2 Å². The topological polar surface area (TPSA) is 143 Å². The number of hydrogen-bond donors (Lipinski definition) is 2. The SMILES string of the molecule is O=C(COc1ccc(/C=N\NC(=O)CN(c2ccccn2)S(=O)(=O)c2ccccc2)cc1)NCc1ccco1. The monoisotopic (exact) mass is 547 g/mol. The summed E-state index contributed by atoms with van der Waals surface area (Å²) in [5.41, 5.74) is 2.98. The molecule has 4 aromatic rings. The molecule has 11 nitrogen and oxygen atoms in total. The Morgan fingerprint density at radius 3 is 2.41 bits per heavy atom. The summed E-state index contributed by atoms with van der Waals surface area (Å²) in [7, 11) is -4.05. The van der Waals surface area contributed by atoms with Crippen molar-refractivity contribution in [2.45, 2.75) is 11.4 Å². The molecule has 12 heteroatoms. The van der Waals surface area contributed by atoms with Crippen LogP contribution in [0.1, 0.15) is 11.3 Å². The van der Waals surface area contributed by atoms with Crippen LogP contribution in [0.3, 0.4) is 0 Å². The van der Waals surface area contributed by atoms with E-state index in [1.165, 1.54) is 36.9 Å². The fourth-order valence-electron chi connectivity index (χ4n) is 3.30. The summed E-state index contributed by atoms with van der Waals surface area (Å²) in [6, 6.07) is 22.7. The standard InChI is InChI=1S/C27H25N5O6S/c33-26(19-32(25-10-4-5-15-28-25)39(35,36)24-8-2-1-3-9-24)31-30-17-21-11-13-22(14-12-21)38-20-27(34)29-18-23-7-6-16-37-23/h1-17H,18-20H2,(H,29,34)(H,31,33)/b30-17-. The van der Waals surface area contributed by atoms with Crippen LogP contribution in [-0.4, -0.2) is 44.6 Å². The Morgan fingerprint density at radius 1 is 0.949 bits per heavy atom. The molecule has 0 atom stereocenters. The summed E-state index contributed by atoms with van der Waals surface area (Å²) in [5.74, 6) is 0.263. The van der Waals surface area contributed by atoms with Crippen molar-refractivity contribution in [2.75, 3.05) is 17.5 Å². The number of rotatable bonds is 12. The highest BCUT2D eigenvalue weighted by Gasteiger charge is 2.27. The van der Waals surface area contributed by atoms with Crippen molar-refractivity contribution < 1.29 is 27.2 Å². The predicted molar refractivity (Wildman–Crippen MR) is 143 cm³/mol. The van der Waals surface area contributed by atoms with Crippen LogP contribution in [0.4, 0.5) is 5.82 Å². The van der Waals surface area contributed by atoms with Crippen molar-refractivity contribution in [3.63, 3.8) is 0 Å². The van der Waals surface area contributed by atoms with Gasteiger partial charge in [-0.1, -0.05) is 24.3 Å². The maximum Gasteiger partial charge on any atom is 0.265 e. The molecule has 0 saturated heterocycles. The zero-order valence-corrected chi connectivity index (χ0v) is 21.5. The summed E-state index contributed by atoms with van der Waals surface area (Å²) in [6.07, 6.45) is 4.37. The second-order valence-corrected chi connectivity index (χ2v) is 9.88. The van der Waals surface area contributed by atoms with E-state index in [2.05, 4.69) is 20.8 Å². The lowest BCUT2D eigenvalue weighted by molar-refractivity contribution is -0.123. The highest BCUT2D eigenvalue weighted by molar-refractivity contribution is 7.92. The van der Waals surface area contributed by atoms with Crippen LogP contribution in [0.5, 0.6) is 5.75 Å². The van der Waals surface area contributed by atoms with Gasteiger partial charge < -0.3 is 14.5 Å². The van der Waals surface area contributed by atoms with Gasteiger partial charge in [-0.25, -0.2) is 23.1 Å². The number of furan rings is 1. The van der Waals surface area contributed by atoms with Crippen LogP contribution in [0.15, 0.2) is 112 Å². The molecule has 39 heavy (non-hydrogen) atoms. The minimum atomic E-state index is -4.05. The number of amides is 2. The number of carbonyl (C=O) groups excluding carboxylic acids is 2. The summed E-state index contributed by atoms with van der Waals surface area (Å²) in [5, 5.41) is 6.60. The molecule has 2 heterocycles. The van der Waals surface area contributed by atoms with Gasteiger partial charge in [-0.2, -0.15) is 5.10 Å². The van der Waals surface area contributed by atoms with E-state index in [1.807, 2.05) is 0 Å². The van der Waals surface area contributed by atoms with Crippen LogP contribution in [0.2, 0.25) is 0 Å². The first-order valence-electron chi connectivity index (χ1n) is 11.7. The Morgan fingerprint density at radius 2 is 1.72 bits per heavy atom. The van der Waals surface area contributed by atoms with Crippen molar-refractivity contribution in [3.05, 3.63) is 109 Å². The zero-order valence-electron chi connectivity index (χ0n) is 20.6. The first-order chi connectivity index (χ1) is 18.9. The van der Waals surface area contributed by atoms with Crippen molar-refractivity contribution in [1.82, 2.24) is 15.7 Å². The normalized spacial score (nSPS) is 11.2. The van der Waals surface area contributed by atoms with Crippen molar-refractivity contribution in [2.24, 2.45) is 5.10 Å². The van der Waals surface area contributed by atoms with E-state index >= 15 is 0 Å². The average Bonchev–Trinajstić information content (AvgIpc) is 3.49. The van der Waals surface area contributed by atoms with Gasteiger partial charge >= 0.3 is 0 Å².